The maximum Gasteiger partial charge on any atom is 0.326 e. The smallest absolute Gasteiger partial charge is 0.326 e. The highest BCUT2D eigenvalue weighted by atomic mass is 79.9. The number of carbonyl (C=O) groups is 3. The summed E-state index contributed by atoms with van der Waals surface area (Å²) in [6.07, 6.45) is 2.86. The molecular weight excluding hydrogens is 464 g/mol. The van der Waals surface area contributed by atoms with E-state index in [0.717, 1.165) is 5.56 Å². The molecule has 0 saturated carbocycles. The Hall–Kier alpha value is -3.65. The van der Waals surface area contributed by atoms with Gasteiger partial charge in [0.2, 0.25) is 0 Å². The van der Waals surface area contributed by atoms with Gasteiger partial charge in [0.25, 0.3) is 11.8 Å². The molecule has 3 N–H and O–H groups in total. The van der Waals surface area contributed by atoms with E-state index in [1.54, 1.807) is 60.7 Å². The predicted octanol–water partition coefficient (Wildman–Crippen LogP) is 3.63. The van der Waals surface area contributed by atoms with Gasteiger partial charge in [0.15, 0.2) is 0 Å². The van der Waals surface area contributed by atoms with Crippen molar-refractivity contribution in [3.05, 3.63) is 100 Å². The summed E-state index contributed by atoms with van der Waals surface area (Å²) < 4.78 is 5.94. The molecular formula is C23H19BrN2O5. The Labute approximate surface area is 186 Å². The first-order valence-corrected chi connectivity index (χ1v) is 10.1. The van der Waals surface area contributed by atoms with Crippen LogP contribution in [-0.2, 0) is 16.0 Å². The number of amides is 2. The van der Waals surface area contributed by atoms with Crippen molar-refractivity contribution < 1.29 is 23.9 Å². The molecule has 0 unspecified atom stereocenters. The monoisotopic (exact) mass is 482 g/mol. The average molecular weight is 483 g/mol. The molecule has 7 nitrogen and oxygen atoms in total. The van der Waals surface area contributed by atoms with Crippen molar-refractivity contribution in [1.29, 1.82) is 0 Å². The van der Waals surface area contributed by atoms with Gasteiger partial charge in [-0.05, 0) is 35.9 Å². The third kappa shape index (κ3) is 6.42. The molecule has 0 fully saturated rings. The van der Waals surface area contributed by atoms with E-state index in [-0.39, 0.29) is 12.1 Å². The van der Waals surface area contributed by atoms with Crippen LogP contribution in [0, 0.1) is 0 Å². The van der Waals surface area contributed by atoms with Crippen LogP contribution in [0.2, 0.25) is 0 Å². The number of carbonyl (C=O) groups excluding carboxylic acids is 2. The van der Waals surface area contributed by atoms with Gasteiger partial charge in [-0.2, -0.15) is 0 Å². The van der Waals surface area contributed by atoms with E-state index < -0.39 is 23.8 Å². The van der Waals surface area contributed by atoms with E-state index >= 15 is 0 Å². The third-order valence-electron chi connectivity index (χ3n) is 4.30. The second-order valence-electron chi connectivity index (χ2n) is 6.59. The molecule has 1 heterocycles. The highest BCUT2D eigenvalue weighted by Gasteiger charge is 2.24. The van der Waals surface area contributed by atoms with E-state index in [0.29, 0.717) is 15.8 Å². The van der Waals surface area contributed by atoms with Crippen molar-refractivity contribution in [2.45, 2.75) is 12.5 Å². The lowest BCUT2D eigenvalue weighted by Gasteiger charge is -2.17. The standard InChI is InChI=1S/C23H19BrN2O5/c24-17-9-4-8-16(13-17)21(27)25-19(14-18-10-5-11-31-18)22(28)26-20(23(29)30)12-15-6-2-1-3-7-15/h1-11,13-14,20H,12H2,(H,25,27)(H,26,28)(H,29,30)/b19-14-/t20-/m1/s1. The van der Waals surface area contributed by atoms with Crippen LogP contribution in [0.1, 0.15) is 21.7 Å². The molecule has 8 heteroatoms. The highest BCUT2D eigenvalue weighted by Crippen LogP contribution is 2.13. The number of benzene rings is 2. The van der Waals surface area contributed by atoms with E-state index in [1.807, 2.05) is 6.07 Å². The van der Waals surface area contributed by atoms with Crippen LogP contribution in [0.25, 0.3) is 6.08 Å². The summed E-state index contributed by atoms with van der Waals surface area (Å²) in [6.45, 7) is 0. The maximum absolute atomic E-state index is 12.9. The largest absolute Gasteiger partial charge is 0.480 e. The Morgan fingerprint density at radius 3 is 2.45 bits per heavy atom. The minimum Gasteiger partial charge on any atom is -0.480 e. The first kappa shape index (κ1) is 22.0. The van der Waals surface area contributed by atoms with Gasteiger partial charge in [-0.25, -0.2) is 4.79 Å². The van der Waals surface area contributed by atoms with Crippen molar-refractivity contribution in [2.75, 3.05) is 0 Å². The lowest BCUT2D eigenvalue weighted by atomic mass is 10.1. The normalized spacial score (nSPS) is 12.1. The van der Waals surface area contributed by atoms with Crippen molar-refractivity contribution in [3.63, 3.8) is 0 Å². The third-order valence-corrected chi connectivity index (χ3v) is 4.79. The molecule has 3 aromatic rings. The van der Waals surface area contributed by atoms with Crippen molar-refractivity contribution in [3.8, 4) is 0 Å². The predicted molar refractivity (Wildman–Crippen MR) is 118 cm³/mol. The van der Waals surface area contributed by atoms with Crippen LogP contribution in [0.4, 0.5) is 0 Å². The van der Waals surface area contributed by atoms with Gasteiger partial charge in [-0.3, -0.25) is 9.59 Å². The SMILES string of the molecule is O=C(N[C@H](Cc1ccccc1)C(=O)O)/C(=C/c1ccco1)NC(=O)c1cccc(Br)c1. The van der Waals surface area contributed by atoms with E-state index in [4.69, 9.17) is 4.42 Å². The summed E-state index contributed by atoms with van der Waals surface area (Å²) in [7, 11) is 0. The Kier molecular flexibility index (Phi) is 7.40. The Morgan fingerprint density at radius 1 is 1.03 bits per heavy atom. The lowest BCUT2D eigenvalue weighted by molar-refractivity contribution is -0.141. The average Bonchev–Trinajstić information content (AvgIpc) is 3.26. The number of nitrogens with one attached hydrogen (secondary N) is 2. The zero-order chi connectivity index (χ0) is 22.2. The number of rotatable bonds is 8. The maximum atomic E-state index is 12.9. The fourth-order valence-corrected chi connectivity index (χ4v) is 3.18. The molecule has 0 aliphatic rings. The van der Waals surface area contributed by atoms with Gasteiger partial charge in [-0.15, -0.1) is 0 Å². The summed E-state index contributed by atoms with van der Waals surface area (Å²) in [5.41, 5.74) is 0.941. The number of halogens is 1. The Morgan fingerprint density at radius 2 is 1.81 bits per heavy atom. The van der Waals surface area contributed by atoms with E-state index in [1.165, 1.54) is 12.3 Å². The lowest BCUT2D eigenvalue weighted by Crippen LogP contribution is -2.45. The Bertz CT molecular complexity index is 1090. The molecule has 0 spiro atoms. The quantitative estimate of drug-likeness (QED) is 0.424. The van der Waals surface area contributed by atoms with Crippen molar-refractivity contribution in [1.82, 2.24) is 10.6 Å². The number of aliphatic carboxylic acids is 1. The number of hydrogen-bond acceptors (Lipinski definition) is 4. The van der Waals surface area contributed by atoms with Crippen molar-refractivity contribution in [2.24, 2.45) is 0 Å². The molecule has 0 bridgehead atoms. The fourth-order valence-electron chi connectivity index (χ4n) is 2.78. The summed E-state index contributed by atoms with van der Waals surface area (Å²) >= 11 is 3.30. The van der Waals surface area contributed by atoms with E-state index in [9.17, 15) is 19.5 Å². The first-order valence-electron chi connectivity index (χ1n) is 9.32. The minimum atomic E-state index is -1.19. The van der Waals surface area contributed by atoms with Crippen LogP contribution in [-0.4, -0.2) is 28.9 Å². The molecule has 0 aliphatic carbocycles. The topological polar surface area (TPSA) is 109 Å². The van der Waals surface area contributed by atoms with E-state index in [2.05, 4.69) is 26.6 Å². The zero-order valence-corrected chi connectivity index (χ0v) is 17.8. The number of carboxylic acid groups (broad SMARTS) is 1. The van der Waals surface area contributed by atoms with Gasteiger partial charge >= 0.3 is 5.97 Å². The molecule has 31 heavy (non-hydrogen) atoms. The Balaban J connectivity index is 1.81. The fraction of sp³-hybridized carbons (Fsp3) is 0.0870. The molecule has 2 amide bonds. The summed E-state index contributed by atoms with van der Waals surface area (Å²) in [5, 5.41) is 14.6. The van der Waals surface area contributed by atoms with Crippen LogP contribution in [0.3, 0.4) is 0 Å². The first-order chi connectivity index (χ1) is 14.9. The van der Waals surface area contributed by atoms with Gasteiger partial charge in [0, 0.05) is 22.5 Å². The van der Waals surface area contributed by atoms with Gasteiger partial charge < -0.3 is 20.2 Å². The van der Waals surface area contributed by atoms with Gasteiger partial charge in [-0.1, -0.05) is 52.3 Å². The highest BCUT2D eigenvalue weighted by molar-refractivity contribution is 9.10. The summed E-state index contributed by atoms with van der Waals surface area (Å²) in [6, 6.07) is 17.7. The summed E-state index contributed by atoms with van der Waals surface area (Å²) in [5.74, 6) is -2.13. The second kappa shape index (κ2) is 10.4. The van der Waals surface area contributed by atoms with Crippen LogP contribution < -0.4 is 10.6 Å². The molecule has 1 aromatic heterocycles. The number of carboxylic acids is 1. The molecule has 0 radical (unpaired) electrons. The molecule has 158 valence electrons. The second-order valence-corrected chi connectivity index (χ2v) is 7.51. The van der Waals surface area contributed by atoms with Gasteiger partial charge in [0.1, 0.15) is 17.5 Å². The number of furan rings is 1. The van der Waals surface area contributed by atoms with Crippen LogP contribution in [0.5, 0.6) is 0 Å². The van der Waals surface area contributed by atoms with Crippen LogP contribution in [0.15, 0.2) is 87.6 Å². The van der Waals surface area contributed by atoms with Crippen LogP contribution >= 0.6 is 15.9 Å². The molecule has 1 atom stereocenters. The molecule has 0 aliphatic heterocycles. The molecule has 3 rings (SSSR count). The van der Waals surface area contributed by atoms with Gasteiger partial charge in [0.05, 0.1) is 6.26 Å². The molecule has 2 aromatic carbocycles. The molecule has 0 saturated heterocycles. The minimum absolute atomic E-state index is 0.0928. The van der Waals surface area contributed by atoms with Crippen molar-refractivity contribution >= 4 is 39.8 Å². The zero-order valence-electron chi connectivity index (χ0n) is 16.2. The number of hydrogen-bond donors (Lipinski definition) is 3. The summed E-state index contributed by atoms with van der Waals surface area (Å²) in [4.78, 5) is 37.3.